The molecule has 0 bridgehead atoms. The Hall–Kier alpha value is -1.91. The van der Waals surface area contributed by atoms with Crippen molar-refractivity contribution >= 4 is 17.5 Å². The monoisotopic (exact) mass is 292 g/mol. The van der Waals surface area contributed by atoms with Crippen molar-refractivity contribution in [1.82, 2.24) is 5.32 Å². The molecule has 0 aromatic heterocycles. The Balaban J connectivity index is 2.13. The number of halogens is 1. The second-order valence-corrected chi connectivity index (χ2v) is 5.58. The molecule has 0 aliphatic carbocycles. The van der Waals surface area contributed by atoms with E-state index in [-0.39, 0.29) is 23.7 Å². The zero-order chi connectivity index (χ0) is 15.6. The predicted octanol–water partition coefficient (Wildman–Crippen LogP) is 2.40. The van der Waals surface area contributed by atoms with E-state index in [9.17, 15) is 14.0 Å². The SMILES string of the molecule is CCC(C)NC(=O)C1CCN(c2ccc(F)cc2C)C1=O. The third-order valence-corrected chi connectivity index (χ3v) is 3.97. The molecule has 5 heteroatoms. The number of carbonyl (C=O) groups is 2. The summed E-state index contributed by atoms with van der Waals surface area (Å²) in [5, 5.41) is 2.85. The highest BCUT2D eigenvalue weighted by atomic mass is 19.1. The van der Waals surface area contributed by atoms with Crippen molar-refractivity contribution < 1.29 is 14.0 Å². The van der Waals surface area contributed by atoms with Gasteiger partial charge in [-0.3, -0.25) is 9.59 Å². The fourth-order valence-corrected chi connectivity index (χ4v) is 2.53. The van der Waals surface area contributed by atoms with Gasteiger partial charge in [0, 0.05) is 18.3 Å². The van der Waals surface area contributed by atoms with E-state index in [1.54, 1.807) is 17.9 Å². The largest absolute Gasteiger partial charge is 0.353 e. The normalized spacial score (nSPS) is 19.7. The second kappa shape index (κ2) is 6.24. The second-order valence-electron chi connectivity index (χ2n) is 5.58. The highest BCUT2D eigenvalue weighted by molar-refractivity contribution is 6.09. The summed E-state index contributed by atoms with van der Waals surface area (Å²) in [6.07, 6.45) is 1.32. The van der Waals surface area contributed by atoms with E-state index in [4.69, 9.17) is 0 Å². The molecule has 1 fully saturated rings. The number of amides is 2. The Labute approximate surface area is 124 Å². The highest BCUT2D eigenvalue weighted by Crippen LogP contribution is 2.28. The lowest BCUT2D eigenvalue weighted by atomic mass is 10.1. The molecule has 21 heavy (non-hydrogen) atoms. The third-order valence-electron chi connectivity index (χ3n) is 3.97. The molecule has 0 saturated carbocycles. The van der Waals surface area contributed by atoms with Crippen LogP contribution in [0.4, 0.5) is 10.1 Å². The standard InChI is InChI=1S/C16H21FN2O2/c1-4-11(3)18-15(20)13-7-8-19(16(13)21)14-6-5-12(17)9-10(14)2/h5-6,9,11,13H,4,7-8H2,1-3H3,(H,18,20). The molecule has 2 rings (SSSR count). The maximum Gasteiger partial charge on any atom is 0.239 e. The zero-order valence-corrected chi connectivity index (χ0v) is 12.6. The van der Waals surface area contributed by atoms with Crippen LogP contribution in [0.5, 0.6) is 0 Å². The minimum Gasteiger partial charge on any atom is -0.353 e. The molecule has 2 amide bonds. The van der Waals surface area contributed by atoms with Crippen molar-refractivity contribution in [3.63, 3.8) is 0 Å². The van der Waals surface area contributed by atoms with Gasteiger partial charge in [-0.25, -0.2) is 4.39 Å². The van der Waals surface area contributed by atoms with Crippen LogP contribution in [0.1, 0.15) is 32.3 Å². The fourth-order valence-electron chi connectivity index (χ4n) is 2.53. The van der Waals surface area contributed by atoms with E-state index in [2.05, 4.69) is 5.32 Å². The van der Waals surface area contributed by atoms with Crippen LogP contribution in [-0.2, 0) is 9.59 Å². The van der Waals surface area contributed by atoms with Crippen molar-refractivity contribution in [1.29, 1.82) is 0 Å². The summed E-state index contributed by atoms with van der Waals surface area (Å²) in [4.78, 5) is 26.1. The number of nitrogens with zero attached hydrogens (tertiary/aromatic N) is 1. The van der Waals surface area contributed by atoms with E-state index in [1.165, 1.54) is 12.1 Å². The lowest BCUT2D eigenvalue weighted by Gasteiger charge is -2.19. The molecule has 1 aromatic rings. The van der Waals surface area contributed by atoms with Crippen LogP contribution in [0.3, 0.4) is 0 Å². The number of nitrogens with one attached hydrogen (secondary N) is 1. The third kappa shape index (κ3) is 3.23. The number of hydrogen-bond donors (Lipinski definition) is 1. The molecule has 1 aliphatic rings. The summed E-state index contributed by atoms with van der Waals surface area (Å²) in [5.41, 5.74) is 1.38. The van der Waals surface area contributed by atoms with Gasteiger partial charge < -0.3 is 10.2 Å². The van der Waals surface area contributed by atoms with Gasteiger partial charge in [-0.05, 0) is 50.5 Å². The molecule has 1 N–H and O–H groups in total. The first kappa shape index (κ1) is 15.5. The van der Waals surface area contributed by atoms with Gasteiger partial charge in [0.05, 0.1) is 0 Å². The van der Waals surface area contributed by atoms with Crippen molar-refractivity contribution in [3.05, 3.63) is 29.6 Å². The van der Waals surface area contributed by atoms with Gasteiger partial charge in [0.1, 0.15) is 11.7 Å². The first-order valence-corrected chi connectivity index (χ1v) is 7.32. The van der Waals surface area contributed by atoms with E-state index < -0.39 is 5.92 Å². The molecule has 1 heterocycles. The fraction of sp³-hybridized carbons (Fsp3) is 0.500. The molecule has 2 unspecified atom stereocenters. The molecule has 1 aromatic carbocycles. The average molecular weight is 292 g/mol. The van der Waals surface area contributed by atoms with Gasteiger partial charge in [0.25, 0.3) is 0 Å². The van der Waals surface area contributed by atoms with Gasteiger partial charge in [-0.1, -0.05) is 6.92 Å². The van der Waals surface area contributed by atoms with Gasteiger partial charge in [0.15, 0.2) is 0 Å². The summed E-state index contributed by atoms with van der Waals surface area (Å²) >= 11 is 0. The van der Waals surface area contributed by atoms with E-state index in [1.807, 2.05) is 13.8 Å². The van der Waals surface area contributed by atoms with Crippen LogP contribution in [-0.4, -0.2) is 24.4 Å². The van der Waals surface area contributed by atoms with E-state index in [0.717, 1.165) is 6.42 Å². The first-order chi connectivity index (χ1) is 9.93. The van der Waals surface area contributed by atoms with Crippen molar-refractivity contribution in [2.24, 2.45) is 5.92 Å². The number of carbonyl (C=O) groups excluding carboxylic acids is 2. The quantitative estimate of drug-likeness (QED) is 0.866. The van der Waals surface area contributed by atoms with Gasteiger partial charge in [0.2, 0.25) is 11.8 Å². The maximum absolute atomic E-state index is 13.2. The summed E-state index contributed by atoms with van der Waals surface area (Å²) in [5.74, 6) is -1.38. The Bertz CT molecular complexity index is 559. The lowest BCUT2D eigenvalue weighted by molar-refractivity contribution is -0.132. The Morgan fingerprint density at radius 2 is 2.24 bits per heavy atom. The number of rotatable bonds is 4. The Kier molecular flexibility index (Phi) is 4.60. The summed E-state index contributed by atoms with van der Waals surface area (Å²) in [6.45, 7) is 6.15. The highest BCUT2D eigenvalue weighted by Gasteiger charge is 2.38. The van der Waals surface area contributed by atoms with Crippen molar-refractivity contribution in [2.75, 3.05) is 11.4 Å². The number of benzene rings is 1. The smallest absolute Gasteiger partial charge is 0.239 e. The van der Waals surface area contributed by atoms with Crippen LogP contribution >= 0.6 is 0 Å². The van der Waals surface area contributed by atoms with Crippen LogP contribution in [0, 0.1) is 18.7 Å². The van der Waals surface area contributed by atoms with Crippen molar-refractivity contribution in [2.45, 2.75) is 39.7 Å². The molecule has 2 atom stereocenters. The molecule has 114 valence electrons. The molecular formula is C16H21FN2O2. The Morgan fingerprint density at radius 1 is 1.52 bits per heavy atom. The van der Waals surface area contributed by atoms with Crippen LogP contribution < -0.4 is 10.2 Å². The number of anilines is 1. The molecule has 0 spiro atoms. The average Bonchev–Trinajstić information content (AvgIpc) is 2.80. The Morgan fingerprint density at radius 3 is 2.86 bits per heavy atom. The lowest BCUT2D eigenvalue weighted by Crippen LogP contribution is -2.40. The van der Waals surface area contributed by atoms with Gasteiger partial charge >= 0.3 is 0 Å². The molecule has 0 radical (unpaired) electrons. The van der Waals surface area contributed by atoms with Crippen LogP contribution in [0.15, 0.2) is 18.2 Å². The predicted molar refractivity (Wildman–Crippen MR) is 79.5 cm³/mol. The molecule has 1 saturated heterocycles. The van der Waals surface area contributed by atoms with Crippen LogP contribution in [0.2, 0.25) is 0 Å². The summed E-state index contributed by atoms with van der Waals surface area (Å²) < 4.78 is 13.2. The van der Waals surface area contributed by atoms with Crippen LogP contribution in [0.25, 0.3) is 0 Å². The number of hydrogen-bond acceptors (Lipinski definition) is 2. The minimum atomic E-state index is -0.636. The molecule has 1 aliphatic heterocycles. The van der Waals surface area contributed by atoms with E-state index >= 15 is 0 Å². The topological polar surface area (TPSA) is 49.4 Å². The zero-order valence-electron chi connectivity index (χ0n) is 12.6. The van der Waals surface area contributed by atoms with E-state index in [0.29, 0.717) is 24.2 Å². The van der Waals surface area contributed by atoms with Gasteiger partial charge in [-0.2, -0.15) is 0 Å². The summed E-state index contributed by atoms with van der Waals surface area (Å²) in [7, 11) is 0. The van der Waals surface area contributed by atoms with Gasteiger partial charge in [-0.15, -0.1) is 0 Å². The molecular weight excluding hydrogens is 271 g/mol. The first-order valence-electron chi connectivity index (χ1n) is 7.32. The molecule has 4 nitrogen and oxygen atoms in total. The maximum atomic E-state index is 13.2. The number of aryl methyl sites for hydroxylation is 1. The van der Waals surface area contributed by atoms with Crippen molar-refractivity contribution in [3.8, 4) is 0 Å². The summed E-state index contributed by atoms with van der Waals surface area (Å²) in [6, 6.07) is 4.39. The minimum absolute atomic E-state index is 0.0620.